The van der Waals surface area contributed by atoms with Crippen molar-refractivity contribution in [3.8, 4) is 0 Å². The summed E-state index contributed by atoms with van der Waals surface area (Å²) in [6.45, 7) is 0.000850. The first kappa shape index (κ1) is 16.2. The lowest BCUT2D eigenvalue weighted by atomic mass is 9.85. The molecule has 2 atom stereocenters. The quantitative estimate of drug-likeness (QED) is 0.636. The van der Waals surface area contributed by atoms with E-state index < -0.39 is 0 Å². The number of imide groups is 1. The van der Waals surface area contributed by atoms with Crippen LogP contribution in [0.1, 0.15) is 18.7 Å². The summed E-state index contributed by atoms with van der Waals surface area (Å²) in [6, 6.07) is 9.39. The van der Waals surface area contributed by atoms with Crippen LogP contribution in [0.2, 0.25) is 0 Å². The lowest BCUT2D eigenvalue weighted by Crippen LogP contribution is -2.31. The number of fused-ring (bicyclic) bond motifs is 1. The fourth-order valence-electron chi connectivity index (χ4n) is 3.38. The Morgan fingerprint density at radius 2 is 1.65 bits per heavy atom. The van der Waals surface area contributed by atoms with Crippen LogP contribution in [-0.4, -0.2) is 31.7 Å². The van der Waals surface area contributed by atoms with Crippen LogP contribution < -0.4 is 11.1 Å². The number of rotatable bonds is 4. The summed E-state index contributed by atoms with van der Waals surface area (Å²) in [7, 11) is 0. The van der Waals surface area contributed by atoms with Gasteiger partial charge in [-0.25, -0.2) is 0 Å². The van der Waals surface area contributed by atoms with Crippen molar-refractivity contribution in [2.24, 2.45) is 11.8 Å². The Labute approximate surface area is 150 Å². The highest BCUT2D eigenvalue weighted by atomic mass is 16.2. The number of benzene rings is 1. The number of allylic oxidation sites excluding steroid dienone is 2. The number of nitrogens with zero attached hydrogens (tertiary/aromatic N) is 4. The Morgan fingerprint density at radius 1 is 1.00 bits per heavy atom. The second-order valence-corrected chi connectivity index (χ2v) is 6.34. The van der Waals surface area contributed by atoms with Crippen molar-refractivity contribution in [3.63, 3.8) is 0 Å². The van der Waals surface area contributed by atoms with Gasteiger partial charge in [0.05, 0.1) is 18.4 Å². The third-order valence-corrected chi connectivity index (χ3v) is 4.63. The number of para-hydroxylation sites is 1. The van der Waals surface area contributed by atoms with Crippen LogP contribution in [0.15, 0.2) is 42.5 Å². The molecule has 2 aromatic rings. The Kier molecular flexibility index (Phi) is 4.08. The first-order valence-electron chi connectivity index (χ1n) is 8.44. The number of nitrogen functional groups attached to an aromatic ring is 1. The average Bonchev–Trinajstić information content (AvgIpc) is 2.87. The topological polar surface area (TPSA) is 114 Å². The average molecular weight is 350 g/mol. The van der Waals surface area contributed by atoms with Gasteiger partial charge in [0.15, 0.2) is 5.82 Å². The van der Waals surface area contributed by atoms with Gasteiger partial charge in [-0.3, -0.25) is 14.5 Å². The van der Waals surface area contributed by atoms with E-state index in [-0.39, 0.29) is 47.9 Å². The zero-order valence-electron chi connectivity index (χ0n) is 14.0. The Balaban J connectivity index is 1.55. The van der Waals surface area contributed by atoms with Gasteiger partial charge in [0.2, 0.25) is 23.7 Å². The third kappa shape index (κ3) is 3.01. The van der Waals surface area contributed by atoms with Crippen molar-refractivity contribution < 1.29 is 9.59 Å². The van der Waals surface area contributed by atoms with E-state index in [9.17, 15) is 9.59 Å². The molecule has 2 amide bonds. The summed E-state index contributed by atoms with van der Waals surface area (Å²) in [6.07, 6.45) is 5.12. The number of nitrogens with two attached hydrogens (primary N) is 1. The summed E-state index contributed by atoms with van der Waals surface area (Å²) < 4.78 is 0. The van der Waals surface area contributed by atoms with Gasteiger partial charge in [-0.2, -0.15) is 15.0 Å². The van der Waals surface area contributed by atoms with Gasteiger partial charge in [-0.15, -0.1) is 0 Å². The summed E-state index contributed by atoms with van der Waals surface area (Å²) in [5, 5.41) is 3.04. The van der Waals surface area contributed by atoms with Gasteiger partial charge in [0.25, 0.3) is 0 Å². The molecule has 2 unspecified atom stereocenters. The van der Waals surface area contributed by atoms with Crippen molar-refractivity contribution in [1.29, 1.82) is 0 Å². The van der Waals surface area contributed by atoms with Gasteiger partial charge >= 0.3 is 0 Å². The maximum atomic E-state index is 12.6. The van der Waals surface area contributed by atoms with Crippen LogP contribution in [0.4, 0.5) is 17.6 Å². The molecule has 1 aromatic heterocycles. The normalized spacial score (nSPS) is 21.8. The number of likely N-dealkylation sites (tertiary alicyclic amines) is 1. The van der Waals surface area contributed by atoms with Crippen molar-refractivity contribution in [2.75, 3.05) is 11.1 Å². The molecule has 3 N–H and O–H groups in total. The van der Waals surface area contributed by atoms with Crippen molar-refractivity contribution in [3.05, 3.63) is 48.3 Å². The van der Waals surface area contributed by atoms with Crippen LogP contribution in [0.3, 0.4) is 0 Å². The van der Waals surface area contributed by atoms with E-state index in [0.29, 0.717) is 12.8 Å². The fourth-order valence-corrected chi connectivity index (χ4v) is 3.38. The molecular formula is C18H18N6O2. The molecule has 8 heteroatoms. The molecule has 2 heterocycles. The van der Waals surface area contributed by atoms with Crippen molar-refractivity contribution in [2.45, 2.75) is 19.4 Å². The smallest absolute Gasteiger partial charge is 0.233 e. The molecule has 0 radical (unpaired) electrons. The van der Waals surface area contributed by atoms with E-state index in [0.717, 1.165) is 5.69 Å². The SMILES string of the molecule is Nc1nc(CN2C(=O)C3CC=CCC3C2=O)nc(Nc2ccccc2)n1. The highest BCUT2D eigenvalue weighted by molar-refractivity contribution is 6.05. The maximum Gasteiger partial charge on any atom is 0.233 e. The first-order valence-corrected chi connectivity index (χ1v) is 8.44. The largest absolute Gasteiger partial charge is 0.368 e. The van der Waals surface area contributed by atoms with Gasteiger partial charge < -0.3 is 11.1 Å². The Bertz CT molecular complexity index is 857. The lowest BCUT2D eigenvalue weighted by Gasteiger charge is -2.14. The summed E-state index contributed by atoms with van der Waals surface area (Å²) in [5.74, 6) is -0.281. The van der Waals surface area contributed by atoms with Crippen LogP contribution in [0, 0.1) is 11.8 Å². The van der Waals surface area contributed by atoms with E-state index in [4.69, 9.17) is 5.73 Å². The second kappa shape index (κ2) is 6.55. The number of anilines is 3. The van der Waals surface area contributed by atoms with Gasteiger partial charge in [-0.05, 0) is 25.0 Å². The van der Waals surface area contributed by atoms with Crippen molar-refractivity contribution in [1.82, 2.24) is 19.9 Å². The van der Waals surface area contributed by atoms with E-state index in [1.54, 1.807) is 0 Å². The van der Waals surface area contributed by atoms with E-state index in [1.807, 2.05) is 42.5 Å². The number of amides is 2. The molecule has 1 fully saturated rings. The molecule has 1 aromatic carbocycles. The number of nitrogens with one attached hydrogen (secondary N) is 1. The van der Waals surface area contributed by atoms with Crippen LogP contribution in [0.25, 0.3) is 0 Å². The molecule has 8 nitrogen and oxygen atoms in total. The van der Waals surface area contributed by atoms with Crippen molar-refractivity contribution >= 4 is 29.4 Å². The summed E-state index contributed by atoms with van der Waals surface area (Å²) in [5.41, 5.74) is 6.57. The minimum atomic E-state index is -0.270. The highest BCUT2D eigenvalue weighted by Gasteiger charge is 2.47. The Hall–Kier alpha value is -3.29. The molecule has 1 aliphatic heterocycles. The standard InChI is InChI=1S/C18H18N6O2/c19-17-21-14(22-18(23-17)20-11-6-2-1-3-7-11)10-24-15(25)12-8-4-5-9-13(12)16(24)26/h1-7,12-13H,8-10H2,(H3,19,20,21,22,23). The second-order valence-electron chi connectivity index (χ2n) is 6.34. The molecule has 4 rings (SSSR count). The molecule has 1 saturated heterocycles. The molecule has 1 aliphatic carbocycles. The van der Waals surface area contributed by atoms with E-state index >= 15 is 0 Å². The molecule has 0 spiro atoms. The fraction of sp³-hybridized carbons (Fsp3) is 0.278. The van der Waals surface area contributed by atoms with Gasteiger partial charge in [0, 0.05) is 5.69 Å². The predicted octanol–water partition coefficient (Wildman–Crippen LogP) is 1.65. The maximum absolute atomic E-state index is 12.6. The summed E-state index contributed by atoms with van der Waals surface area (Å²) >= 11 is 0. The zero-order valence-corrected chi connectivity index (χ0v) is 14.0. The third-order valence-electron chi connectivity index (χ3n) is 4.63. The molecule has 0 saturated carbocycles. The number of carbonyl (C=O) groups excluding carboxylic acids is 2. The summed E-state index contributed by atoms with van der Waals surface area (Å²) in [4.78, 5) is 38.8. The molecule has 2 aliphatic rings. The van der Waals surface area contributed by atoms with E-state index in [2.05, 4.69) is 20.3 Å². The minimum Gasteiger partial charge on any atom is -0.368 e. The lowest BCUT2D eigenvalue weighted by molar-refractivity contribution is -0.140. The highest BCUT2D eigenvalue weighted by Crippen LogP contribution is 2.35. The zero-order chi connectivity index (χ0) is 18.1. The number of hydrogen-bond donors (Lipinski definition) is 2. The number of hydrogen-bond acceptors (Lipinski definition) is 7. The molecule has 132 valence electrons. The monoisotopic (exact) mass is 350 g/mol. The predicted molar refractivity (Wildman–Crippen MR) is 94.9 cm³/mol. The Morgan fingerprint density at radius 3 is 2.31 bits per heavy atom. The number of carbonyl (C=O) groups is 2. The van der Waals surface area contributed by atoms with E-state index in [1.165, 1.54) is 4.90 Å². The first-order chi connectivity index (χ1) is 12.6. The minimum absolute atomic E-state index is 0.000850. The molecule has 26 heavy (non-hydrogen) atoms. The van der Waals surface area contributed by atoms with Gasteiger partial charge in [0.1, 0.15) is 0 Å². The van der Waals surface area contributed by atoms with Crippen LogP contribution >= 0.6 is 0 Å². The molecular weight excluding hydrogens is 332 g/mol. The molecule has 0 bridgehead atoms. The van der Waals surface area contributed by atoms with Gasteiger partial charge in [-0.1, -0.05) is 30.4 Å². The number of aromatic nitrogens is 3. The van der Waals surface area contributed by atoms with Crippen LogP contribution in [0.5, 0.6) is 0 Å². The van der Waals surface area contributed by atoms with Crippen LogP contribution in [-0.2, 0) is 16.1 Å².